The lowest BCUT2D eigenvalue weighted by Gasteiger charge is -2.09. The van der Waals surface area contributed by atoms with Crippen molar-refractivity contribution in [3.05, 3.63) is 120 Å². The molecule has 2 N–H and O–H groups in total. The lowest BCUT2D eigenvalue weighted by Crippen LogP contribution is -2.23. The molecular weight excluding hydrogens is 621 g/mol. The maximum absolute atomic E-state index is 12.2. The van der Waals surface area contributed by atoms with E-state index in [1.807, 2.05) is 0 Å². The fraction of sp³-hybridized carbons (Fsp3) is 0.300. The van der Waals surface area contributed by atoms with Gasteiger partial charge in [-0.3, -0.25) is 4.18 Å². The number of hydrogen-bond donors (Lipinski definition) is 2. The topological polar surface area (TPSA) is 67.4 Å². The Hall–Kier alpha value is -3.46. The minimum atomic E-state index is -3.58. The van der Waals surface area contributed by atoms with E-state index in [1.54, 1.807) is 0 Å². The normalized spacial score (nSPS) is 12.1. The fourth-order valence-corrected chi connectivity index (χ4v) is 8.37. The minimum absolute atomic E-state index is 0.159. The summed E-state index contributed by atoms with van der Waals surface area (Å²) in [6.07, 6.45) is 6.32. The molecular formula is C40H44N2O3S2. The number of hydrogen-bond acceptors (Lipinski definition) is 6. The van der Waals surface area contributed by atoms with Gasteiger partial charge in [0.15, 0.2) is 0 Å². The molecule has 0 atom stereocenters. The molecule has 0 amide bonds. The highest BCUT2D eigenvalue weighted by Crippen LogP contribution is 2.28. The summed E-state index contributed by atoms with van der Waals surface area (Å²) in [5.41, 5.74) is 2.71. The quantitative estimate of drug-likeness (QED) is 0.0544. The summed E-state index contributed by atoms with van der Waals surface area (Å²) >= 11 is 0. The van der Waals surface area contributed by atoms with E-state index in [4.69, 9.17) is 4.18 Å². The van der Waals surface area contributed by atoms with Crippen LogP contribution in [0, 0.1) is 0 Å². The lowest BCUT2D eigenvalue weighted by atomic mass is 9.98. The lowest BCUT2D eigenvalue weighted by molar-refractivity contribution is 0.325. The van der Waals surface area contributed by atoms with Crippen LogP contribution in [-0.4, -0.2) is 47.0 Å². The van der Waals surface area contributed by atoms with Crippen LogP contribution in [0.4, 0.5) is 0 Å². The van der Waals surface area contributed by atoms with Crippen LogP contribution < -0.4 is 10.6 Å². The van der Waals surface area contributed by atoms with Gasteiger partial charge in [-0.15, -0.1) is 0 Å². The number of benzene rings is 6. The number of nitrogens with one attached hydrogen (secondary N) is 2. The standard InChI is InChI=1S/C40H44N2O3S2/c43-47(44,45-27-25-41-23-7-5-9-31-15-21-39-35(29-31)19-17-33-11-1-3-13-37(33)39)46-28-26-42-24-8-6-10-32-16-22-40-36(30-32)20-18-34-12-2-4-14-38(34)40/h1-4,11-22,29-30,41-42H,5-10,23-28H2. The van der Waals surface area contributed by atoms with E-state index in [1.165, 1.54) is 54.2 Å². The molecule has 0 aliphatic rings. The van der Waals surface area contributed by atoms with E-state index in [9.17, 15) is 8.42 Å². The first-order valence-corrected chi connectivity index (χ1v) is 19.7. The van der Waals surface area contributed by atoms with Gasteiger partial charge in [-0.1, -0.05) is 109 Å². The highest BCUT2D eigenvalue weighted by molar-refractivity contribution is 8.70. The van der Waals surface area contributed by atoms with E-state index in [-0.39, 0.29) is 6.61 Å². The molecule has 0 saturated carbocycles. The molecule has 0 aliphatic heterocycles. The Balaban J connectivity index is 0.780. The zero-order valence-corrected chi connectivity index (χ0v) is 28.6. The van der Waals surface area contributed by atoms with Crippen molar-refractivity contribution in [1.29, 1.82) is 0 Å². The van der Waals surface area contributed by atoms with Gasteiger partial charge in [-0.05, 0) is 117 Å². The summed E-state index contributed by atoms with van der Waals surface area (Å²) in [4.78, 5) is 0. The summed E-state index contributed by atoms with van der Waals surface area (Å²) in [7, 11) is -2.70. The first-order chi connectivity index (χ1) is 23.1. The van der Waals surface area contributed by atoms with Crippen molar-refractivity contribution in [2.45, 2.75) is 38.5 Å². The molecule has 244 valence electrons. The highest BCUT2D eigenvalue weighted by Gasteiger charge is 2.11. The second-order valence-electron chi connectivity index (χ2n) is 12.2. The van der Waals surface area contributed by atoms with Crippen LogP contribution in [0.2, 0.25) is 0 Å². The third-order valence-electron chi connectivity index (χ3n) is 8.77. The van der Waals surface area contributed by atoms with Gasteiger partial charge < -0.3 is 10.6 Å². The Kier molecular flexibility index (Phi) is 11.8. The van der Waals surface area contributed by atoms with Crippen molar-refractivity contribution in [2.75, 3.05) is 38.5 Å². The van der Waals surface area contributed by atoms with Crippen molar-refractivity contribution in [3.8, 4) is 0 Å². The Bertz CT molecular complexity index is 1900. The van der Waals surface area contributed by atoms with Crippen LogP contribution in [0.1, 0.15) is 36.8 Å². The van der Waals surface area contributed by atoms with Crippen molar-refractivity contribution in [3.63, 3.8) is 0 Å². The predicted molar refractivity (Wildman–Crippen MR) is 202 cm³/mol. The Labute approximate surface area is 282 Å². The largest absolute Gasteiger partial charge is 0.322 e. The molecule has 6 rings (SSSR count). The van der Waals surface area contributed by atoms with Crippen LogP contribution in [0.15, 0.2) is 109 Å². The summed E-state index contributed by atoms with van der Waals surface area (Å²) in [5, 5.41) is 17.0. The molecule has 0 heterocycles. The summed E-state index contributed by atoms with van der Waals surface area (Å²) in [6, 6.07) is 39.4. The zero-order chi connectivity index (χ0) is 32.3. The van der Waals surface area contributed by atoms with Crippen molar-refractivity contribution in [1.82, 2.24) is 10.6 Å². The third kappa shape index (κ3) is 9.34. The van der Waals surface area contributed by atoms with Gasteiger partial charge in [0.1, 0.15) is 0 Å². The summed E-state index contributed by atoms with van der Waals surface area (Å²) < 4.78 is 29.6. The number of fused-ring (bicyclic) bond motifs is 6. The molecule has 0 spiro atoms. The van der Waals surface area contributed by atoms with E-state index < -0.39 is 9.15 Å². The SMILES string of the molecule is O=S(=O)(OCCNCCCCc1ccc2c(ccc3ccccc32)c1)SCCNCCCCc1ccc2c(ccc3ccccc32)c1. The molecule has 0 aliphatic carbocycles. The first kappa shape index (κ1) is 33.4. The third-order valence-corrected chi connectivity index (χ3v) is 11.5. The molecule has 0 radical (unpaired) electrons. The molecule has 5 nitrogen and oxygen atoms in total. The van der Waals surface area contributed by atoms with Gasteiger partial charge in [0.2, 0.25) is 0 Å². The molecule has 0 bridgehead atoms. The van der Waals surface area contributed by atoms with Crippen LogP contribution in [0.25, 0.3) is 43.1 Å². The zero-order valence-electron chi connectivity index (χ0n) is 26.9. The van der Waals surface area contributed by atoms with Crippen LogP contribution in [0.3, 0.4) is 0 Å². The van der Waals surface area contributed by atoms with Crippen LogP contribution in [-0.2, 0) is 26.2 Å². The molecule has 7 heteroatoms. The van der Waals surface area contributed by atoms with E-state index in [0.29, 0.717) is 18.8 Å². The Morgan fingerprint density at radius 2 is 1.00 bits per heavy atom. The number of rotatable bonds is 18. The average Bonchev–Trinajstić information content (AvgIpc) is 3.10. The van der Waals surface area contributed by atoms with Gasteiger partial charge in [0, 0.05) is 18.8 Å². The van der Waals surface area contributed by atoms with Gasteiger partial charge in [0.25, 0.3) is 0 Å². The first-order valence-electron chi connectivity index (χ1n) is 16.8. The number of unbranched alkanes of at least 4 members (excludes halogenated alkanes) is 2. The summed E-state index contributed by atoms with van der Waals surface area (Å²) in [5.74, 6) is 0.472. The van der Waals surface area contributed by atoms with Crippen molar-refractivity contribution < 1.29 is 12.6 Å². The molecule has 0 saturated heterocycles. The van der Waals surface area contributed by atoms with Gasteiger partial charge in [0.05, 0.1) is 6.61 Å². The van der Waals surface area contributed by atoms with E-state index in [2.05, 4.69) is 120 Å². The molecule has 47 heavy (non-hydrogen) atoms. The summed E-state index contributed by atoms with van der Waals surface area (Å²) in [6.45, 7) is 3.04. The Morgan fingerprint density at radius 3 is 1.57 bits per heavy atom. The minimum Gasteiger partial charge on any atom is -0.316 e. The molecule has 0 aromatic heterocycles. The predicted octanol–water partition coefficient (Wildman–Crippen LogP) is 8.82. The average molecular weight is 665 g/mol. The monoisotopic (exact) mass is 664 g/mol. The molecule has 0 fully saturated rings. The van der Waals surface area contributed by atoms with Gasteiger partial charge in [-0.2, -0.15) is 8.42 Å². The highest BCUT2D eigenvalue weighted by atomic mass is 33.1. The number of aryl methyl sites for hydroxylation is 2. The maximum atomic E-state index is 12.2. The van der Waals surface area contributed by atoms with E-state index in [0.717, 1.165) is 62.4 Å². The molecule has 0 unspecified atom stereocenters. The van der Waals surface area contributed by atoms with Crippen LogP contribution in [0.5, 0.6) is 0 Å². The molecule has 6 aromatic carbocycles. The Morgan fingerprint density at radius 1 is 0.511 bits per heavy atom. The second-order valence-corrected chi connectivity index (χ2v) is 15.8. The molecule has 6 aromatic rings. The van der Waals surface area contributed by atoms with E-state index >= 15 is 0 Å². The fourth-order valence-electron chi connectivity index (χ4n) is 6.31. The van der Waals surface area contributed by atoms with Crippen LogP contribution >= 0.6 is 10.8 Å². The maximum Gasteiger partial charge on any atom is 0.322 e. The van der Waals surface area contributed by atoms with Gasteiger partial charge in [-0.25, -0.2) is 0 Å². The van der Waals surface area contributed by atoms with Gasteiger partial charge >= 0.3 is 9.15 Å². The smallest absolute Gasteiger partial charge is 0.316 e. The van der Waals surface area contributed by atoms with Crippen molar-refractivity contribution in [2.24, 2.45) is 0 Å². The van der Waals surface area contributed by atoms with Crippen molar-refractivity contribution >= 4 is 63.0 Å². The second kappa shape index (κ2) is 16.6.